The van der Waals surface area contributed by atoms with Crippen LogP contribution >= 0.6 is 11.6 Å². The van der Waals surface area contributed by atoms with Gasteiger partial charge < -0.3 is 5.32 Å². The van der Waals surface area contributed by atoms with Gasteiger partial charge in [-0.15, -0.1) is 0 Å². The monoisotopic (exact) mass is 257 g/mol. The maximum absolute atomic E-state index is 13.8. The highest BCUT2D eigenvalue weighted by Crippen LogP contribution is 2.23. The highest BCUT2D eigenvalue weighted by Gasteiger charge is 2.16. The number of nitrogens with one attached hydrogen (secondary N) is 1. The molecule has 0 spiro atoms. The van der Waals surface area contributed by atoms with Gasteiger partial charge in [-0.1, -0.05) is 44.5 Å². The van der Waals surface area contributed by atoms with Gasteiger partial charge in [0.15, 0.2) is 0 Å². The molecule has 0 fully saturated rings. The first-order chi connectivity index (χ1) is 8.06. The fourth-order valence-electron chi connectivity index (χ4n) is 1.86. The summed E-state index contributed by atoms with van der Waals surface area (Å²) in [6, 6.07) is 5.23. The summed E-state index contributed by atoms with van der Waals surface area (Å²) in [6.45, 7) is 8.29. The summed E-state index contributed by atoms with van der Waals surface area (Å²) in [5.41, 5.74) is 0.717. The number of hydrogen-bond acceptors (Lipinski definition) is 1. The van der Waals surface area contributed by atoms with Crippen LogP contribution in [0.15, 0.2) is 18.2 Å². The summed E-state index contributed by atoms with van der Waals surface area (Å²) < 4.78 is 13.8. The topological polar surface area (TPSA) is 12.0 Å². The Kier molecular flexibility index (Phi) is 5.93. The Balaban J connectivity index is 2.75. The molecular formula is C14H21ClFN. The molecule has 1 aromatic rings. The molecule has 1 nitrogen and oxygen atoms in total. The fourth-order valence-corrected chi connectivity index (χ4v) is 2.06. The molecule has 17 heavy (non-hydrogen) atoms. The fraction of sp³-hybridized carbons (Fsp3) is 0.571. The Hall–Kier alpha value is -0.600. The van der Waals surface area contributed by atoms with Gasteiger partial charge in [-0.25, -0.2) is 4.39 Å². The van der Waals surface area contributed by atoms with E-state index < -0.39 is 0 Å². The Morgan fingerprint density at radius 2 is 2.06 bits per heavy atom. The van der Waals surface area contributed by atoms with Gasteiger partial charge in [0.25, 0.3) is 0 Å². The van der Waals surface area contributed by atoms with Crippen molar-refractivity contribution in [2.24, 2.45) is 11.8 Å². The van der Waals surface area contributed by atoms with Gasteiger partial charge in [0.1, 0.15) is 5.82 Å². The molecule has 0 saturated carbocycles. The Morgan fingerprint density at radius 1 is 1.35 bits per heavy atom. The average Bonchev–Trinajstić information content (AvgIpc) is 2.29. The lowest BCUT2D eigenvalue weighted by Crippen LogP contribution is -2.27. The maximum atomic E-state index is 13.8. The van der Waals surface area contributed by atoms with Gasteiger partial charge in [-0.2, -0.15) is 0 Å². The number of halogens is 2. The van der Waals surface area contributed by atoms with Crippen LogP contribution in [0.25, 0.3) is 0 Å². The molecule has 0 radical (unpaired) electrons. The molecule has 1 rings (SSSR count). The molecule has 0 aliphatic rings. The van der Waals surface area contributed by atoms with Crippen LogP contribution < -0.4 is 5.32 Å². The molecule has 1 atom stereocenters. The van der Waals surface area contributed by atoms with E-state index in [1.807, 2.05) is 12.1 Å². The highest BCUT2D eigenvalue weighted by molar-refractivity contribution is 6.30. The zero-order chi connectivity index (χ0) is 12.8. The molecule has 0 heterocycles. The summed E-state index contributed by atoms with van der Waals surface area (Å²) in [7, 11) is 0. The van der Waals surface area contributed by atoms with Crippen LogP contribution in [0, 0.1) is 17.7 Å². The van der Waals surface area contributed by atoms with Crippen LogP contribution in [0.4, 0.5) is 4.39 Å². The zero-order valence-electron chi connectivity index (χ0n) is 10.8. The van der Waals surface area contributed by atoms with Crippen LogP contribution in [-0.2, 0) is 6.42 Å². The third-order valence-corrected chi connectivity index (χ3v) is 3.40. The molecule has 96 valence electrons. The Bertz CT molecular complexity index is 352. The van der Waals surface area contributed by atoms with Crippen LogP contribution in [0.1, 0.15) is 26.3 Å². The summed E-state index contributed by atoms with van der Waals surface area (Å²) in [5.74, 6) is 0.687. The van der Waals surface area contributed by atoms with Gasteiger partial charge >= 0.3 is 0 Å². The average molecular weight is 258 g/mol. The van der Waals surface area contributed by atoms with Crippen LogP contribution in [0.3, 0.4) is 0 Å². The molecule has 0 aliphatic carbocycles. The number of hydrogen-bond donors (Lipinski definition) is 1. The van der Waals surface area contributed by atoms with E-state index in [9.17, 15) is 4.39 Å². The van der Waals surface area contributed by atoms with E-state index >= 15 is 0 Å². The largest absolute Gasteiger partial charge is 0.317 e. The van der Waals surface area contributed by atoms with Gasteiger partial charge in [0.05, 0.1) is 5.02 Å². The van der Waals surface area contributed by atoms with Crippen LogP contribution in [0.2, 0.25) is 5.02 Å². The normalized spacial score (nSPS) is 13.1. The quantitative estimate of drug-likeness (QED) is 0.815. The van der Waals surface area contributed by atoms with Crippen molar-refractivity contribution in [3.8, 4) is 0 Å². The van der Waals surface area contributed by atoms with Crippen molar-refractivity contribution in [1.82, 2.24) is 5.32 Å². The predicted octanol–water partition coefficient (Wildman–Crippen LogP) is 3.90. The second-order valence-corrected chi connectivity index (χ2v) is 5.14. The Morgan fingerprint density at radius 3 is 2.65 bits per heavy atom. The van der Waals surface area contributed by atoms with E-state index in [0.29, 0.717) is 17.4 Å². The van der Waals surface area contributed by atoms with Crippen molar-refractivity contribution in [3.05, 3.63) is 34.6 Å². The van der Waals surface area contributed by atoms with Crippen LogP contribution in [0.5, 0.6) is 0 Å². The molecule has 0 aromatic heterocycles. The van der Waals surface area contributed by atoms with E-state index in [1.165, 1.54) is 0 Å². The first kappa shape index (κ1) is 14.5. The van der Waals surface area contributed by atoms with Gasteiger partial charge in [0, 0.05) is 0 Å². The minimum atomic E-state index is -0.267. The van der Waals surface area contributed by atoms with E-state index in [-0.39, 0.29) is 10.8 Å². The predicted molar refractivity (Wildman–Crippen MR) is 72.0 cm³/mol. The van der Waals surface area contributed by atoms with Gasteiger partial charge in [0.2, 0.25) is 0 Å². The Labute approximate surface area is 108 Å². The molecule has 0 aliphatic heterocycles. The van der Waals surface area contributed by atoms with Gasteiger partial charge in [-0.05, 0) is 43.0 Å². The van der Waals surface area contributed by atoms with E-state index in [0.717, 1.165) is 19.5 Å². The molecular weight excluding hydrogens is 237 g/mol. The van der Waals surface area contributed by atoms with E-state index in [4.69, 9.17) is 11.6 Å². The smallest absolute Gasteiger partial charge is 0.144 e. The highest BCUT2D eigenvalue weighted by atomic mass is 35.5. The first-order valence-electron chi connectivity index (χ1n) is 6.19. The lowest BCUT2D eigenvalue weighted by atomic mass is 9.89. The summed E-state index contributed by atoms with van der Waals surface area (Å²) in [4.78, 5) is 0. The maximum Gasteiger partial charge on any atom is 0.144 e. The van der Waals surface area contributed by atoms with Crippen molar-refractivity contribution in [3.63, 3.8) is 0 Å². The summed E-state index contributed by atoms with van der Waals surface area (Å²) in [6.07, 6.45) is 0.733. The van der Waals surface area contributed by atoms with E-state index in [2.05, 4.69) is 26.1 Å². The summed E-state index contributed by atoms with van der Waals surface area (Å²) >= 11 is 5.79. The molecule has 0 saturated heterocycles. The van der Waals surface area contributed by atoms with Crippen molar-refractivity contribution in [1.29, 1.82) is 0 Å². The minimum Gasteiger partial charge on any atom is -0.317 e. The third kappa shape index (κ3) is 4.29. The molecule has 0 amide bonds. The van der Waals surface area contributed by atoms with E-state index in [1.54, 1.807) is 6.07 Å². The number of rotatable bonds is 6. The van der Waals surface area contributed by atoms with Crippen molar-refractivity contribution in [2.45, 2.75) is 27.2 Å². The zero-order valence-corrected chi connectivity index (χ0v) is 11.5. The molecule has 0 bridgehead atoms. The first-order valence-corrected chi connectivity index (χ1v) is 6.57. The molecule has 1 unspecified atom stereocenters. The van der Waals surface area contributed by atoms with Crippen LogP contribution in [-0.4, -0.2) is 13.1 Å². The molecule has 1 aromatic carbocycles. The lowest BCUT2D eigenvalue weighted by Gasteiger charge is -2.21. The molecule has 3 heteroatoms. The summed E-state index contributed by atoms with van der Waals surface area (Å²) in [5, 5.41) is 3.54. The second-order valence-electron chi connectivity index (χ2n) is 4.73. The standard InChI is InChI=1S/C14H21ClFN/c1-4-17-9-12(10(2)3)8-11-6-5-7-13(15)14(11)16/h5-7,10,12,17H,4,8-9H2,1-3H3. The molecule has 1 N–H and O–H groups in total. The SMILES string of the molecule is CCNCC(Cc1cccc(Cl)c1F)C(C)C. The second kappa shape index (κ2) is 6.97. The lowest BCUT2D eigenvalue weighted by molar-refractivity contribution is 0.359. The van der Waals surface area contributed by atoms with Gasteiger partial charge in [-0.3, -0.25) is 0 Å². The minimum absolute atomic E-state index is 0.216. The van der Waals surface area contributed by atoms with Crippen molar-refractivity contribution < 1.29 is 4.39 Å². The van der Waals surface area contributed by atoms with Crippen molar-refractivity contribution in [2.75, 3.05) is 13.1 Å². The number of benzene rings is 1. The third-order valence-electron chi connectivity index (χ3n) is 3.11. The van der Waals surface area contributed by atoms with Crippen molar-refractivity contribution >= 4 is 11.6 Å².